The molecule has 0 aliphatic heterocycles. The molecule has 0 fully saturated rings. The summed E-state index contributed by atoms with van der Waals surface area (Å²) in [4.78, 5) is 12.1. The average molecular weight is 298 g/mol. The van der Waals surface area contributed by atoms with Crippen LogP contribution >= 0.6 is 15.9 Å². The summed E-state index contributed by atoms with van der Waals surface area (Å²) in [5.41, 5.74) is 3.06. The second kappa shape index (κ2) is 5.67. The summed E-state index contributed by atoms with van der Waals surface area (Å²) in [6.45, 7) is 8.91. The molecule has 1 aromatic carbocycles. The Morgan fingerprint density at radius 1 is 1.35 bits per heavy atom. The smallest absolute Gasteiger partial charge is 0.251 e. The Kier molecular flexibility index (Phi) is 4.75. The highest BCUT2D eigenvalue weighted by Crippen LogP contribution is 2.17. The second-order valence-electron chi connectivity index (χ2n) is 5.23. The predicted octanol–water partition coefficient (Wildman–Crippen LogP) is 3.45. The first-order chi connectivity index (χ1) is 7.87. The predicted molar refractivity (Wildman–Crippen MR) is 75.8 cm³/mol. The number of carbonyl (C=O) groups excluding carboxylic acids is 1. The molecular weight excluding hydrogens is 278 g/mol. The van der Waals surface area contributed by atoms with Gasteiger partial charge in [-0.2, -0.15) is 0 Å². The van der Waals surface area contributed by atoms with E-state index in [9.17, 15) is 4.79 Å². The van der Waals surface area contributed by atoms with E-state index in [-0.39, 0.29) is 11.3 Å². The van der Waals surface area contributed by atoms with Gasteiger partial charge in [0.15, 0.2) is 0 Å². The monoisotopic (exact) mass is 297 g/mol. The van der Waals surface area contributed by atoms with Crippen molar-refractivity contribution in [1.29, 1.82) is 0 Å². The van der Waals surface area contributed by atoms with Gasteiger partial charge in [-0.25, -0.2) is 0 Å². The van der Waals surface area contributed by atoms with E-state index in [0.29, 0.717) is 6.54 Å². The summed E-state index contributed by atoms with van der Waals surface area (Å²) in [5.74, 6) is 0.0141. The molecule has 1 N–H and O–H groups in total. The van der Waals surface area contributed by atoms with Crippen molar-refractivity contribution in [2.75, 3.05) is 11.9 Å². The zero-order valence-electron chi connectivity index (χ0n) is 10.9. The Bertz CT molecular complexity index is 413. The first kappa shape index (κ1) is 14.2. The quantitative estimate of drug-likeness (QED) is 0.848. The van der Waals surface area contributed by atoms with Crippen molar-refractivity contribution in [2.45, 2.75) is 27.7 Å². The molecule has 3 heteroatoms. The van der Waals surface area contributed by atoms with Crippen molar-refractivity contribution in [1.82, 2.24) is 5.32 Å². The minimum absolute atomic E-state index is 0.0141. The van der Waals surface area contributed by atoms with Crippen LogP contribution in [0.1, 0.15) is 35.3 Å². The van der Waals surface area contributed by atoms with Gasteiger partial charge >= 0.3 is 0 Å². The minimum atomic E-state index is 0.0141. The first-order valence-corrected chi connectivity index (χ1v) is 6.90. The van der Waals surface area contributed by atoms with Crippen LogP contribution in [0.2, 0.25) is 0 Å². The zero-order valence-corrected chi connectivity index (χ0v) is 12.5. The number of hydrogen-bond acceptors (Lipinski definition) is 1. The molecule has 1 aromatic rings. The van der Waals surface area contributed by atoms with Crippen LogP contribution in [0.4, 0.5) is 0 Å². The zero-order chi connectivity index (χ0) is 13.1. The van der Waals surface area contributed by atoms with Crippen LogP contribution in [-0.2, 0) is 0 Å². The number of benzene rings is 1. The van der Waals surface area contributed by atoms with E-state index in [2.05, 4.69) is 35.1 Å². The number of carbonyl (C=O) groups is 1. The van der Waals surface area contributed by atoms with Gasteiger partial charge in [0.2, 0.25) is 0 Å². The largest absolute Gasteiger partial charge is 0.351 e. The molecule has 0 aliphatic rings. The lowest BCUT2D eigenvalue weighted by molar-refractivity contribution is 0.0939. The Hall–Kier alpha value is -0.830. The van der Waals surface area contributed by atoms with Crippen LogP contribution in [0.3, 0.4) is 0 Å². The highest BCUT2D eigenvalue weighted by atomic mass is 79.9. The van der Waals surface area contributed by atoms with Gasteiger partial charge in [0, 0.05) is 17.4 Å². The molecule has 0 spiro atoms. The normalized spacial score (nSPS) is 11.4. The summed E-state index contributed by atoms with van der Waals surface area (Å²) >= 11 is 3.45. The van der Waals surface area contributed by atoms with Crippen molar-refractivity contribution >= 4 is 21.8 Å². The molecule has 2 nitrogen and oxygen atoms in total. The molecular formula is C14H20BrNO. The van der Waals surface area contributed by atoms with Gasteiger partial charge in [-0.05, 0) is 36.5 Å². The number of nitrogens with one attached hydrogen (secondary N) is 1. The number of halogens is 1. The summed E-state index contributed by atoms with van der Waals surface area (Å²) < 4.78 is 0. The second-order valence-corrected chi connectivity index (χ2v) is 5.79. The van der Waals surface area contributed by atoms with E-state index in [0.717, 1.165) is 22.0 Å². The standard InChI is InChI=1S/C14H20BrNO/c1-10-6-5-7-12(11(10)2)13(17)16-9-14(3,4)8-15/h5-7H,8-9H2,1-4H3,(H,16,17). The fourth-order valence-corrected chi connectivity index (χ4v) is 1.66. The van der Waals surface area contributed by atoms with Gasteiger partial charge in [-0.15, -0.1) is 0 Å². The van der Waals surface area contributed by atoms with Crippen LogP contribution in [0.5, 0.6) is 0 Å². The number of amides is 1. The maximum Gasteiger partial charge on any atom is 0.251 e. The van der Waals surface area contributed by atoms with Gasteiger partial charge in [-0.1, -0.05) is 41.9 Å². The molecule has 0 saturated carbocycles. The molecule has 0 aliphatic carbocycles. The SMILES string of the molecule is Cc1cccc(C(=O)NCC(C)(C)CBr)c1C. The van der Waals surface area contributed by atoms with E-state index in [4.69, 9.17) is 0 Å². The van der Waals surface area contributed by atoms with Gasteiger partial charge in [0.05, 0.1) is 0 Å². The van der Waals surface area contributed by atoms with Gasteiger partial charge in [-0.3, -0.25) is 4.79 Å². The molecule has 0 bridgehead atoms. The van der Waals surface area contributed by atoms with Crippen LogP contribution in [-0.4, -0.2) is 17.8 Å². The highest BCUT2D eigenvalue weighted by Gasteiger charge is 2.18. The minimum Gasteiger partial charge on any atom is -0.351 e. The molecule has 0 aromatic heterocycles. The number of alkyl halides is 1. The molecule has 0 heterocycles. The van der Waals surface area contributed by atoms with E-state index >= 15 is 0 Å². The number of aryl methyl sites for hydroxylation is 1. The summed E-state index contributed by atoms with van der Waals surface area (Å²) in [6.07, 6.45) is 0. The van der Waals surface area contributed by atoms with E-state index in [1.807, 2.05) is 32.0 Å². The lowest BCUT2D eigenvalue weighted by atomic mass is 9.96. The van der Waals surface area contributed by atoms with Crippen molar-refractivity contribution in [3.63, 3.8) is 0 Å². The molecule has 1 amide bonds. The topological polar surface area (TPSA) is 29.1 Å². The Morgan fingerprint density at radius 2 is 2.00 bits per heavy atom. The van der Waals surface area contributed by atoms with Crippen molar-refractivity contribution in [3.8, 4) is 0 Å². The molecule has 17 heavy (non-hydrogen) atoms. The van der Waals surface area contributed by atoms with E-state index < -0.39 is 0 Å². The summed E-state index contributed by atoms with van der Waals surface area (Å²) in [6, 6.07) is 5.82. The molecule has 0 atom stereocenters. The van der Waals surface area contributed by atoms with Gasteiger partial charge < -0.3 is 5.32 Å². The highest BCUT2D eigenvalue weighted by molar-refractivity contribution is 9.09. The molecule has 0 saturated heterocycles. The third-order valence-corrected chi connectivity index (χ3v) is 4.46. The number of rotatable bonds is 4. The molecule has 94 valence electrons. The van der Waals surface area contributed by atoms with Crippen LogP contribution in [0, 0.1) is 19.3 Å². The third-order valence-electron chi connectivity index (χ3n) is 2.94. The Labute approximate surface area is 112 Å². The van der Waals surface area contributed by atoms with Crippen LogP contribution in [0.15, 0.2) is 18.2 Å². The van der Waals surface area contributed by atoms with Crippen LogP contribution < -0.4 is 5.32 Å². The summed E-state index contributed by atoms with van der Waals surface area (Å²) in [5, 5.41) is 3.86. The summed E-state index contributed by atoms with van der Waals surface area (Å²) in [7, 11) is 0. The maximum atomic E-state index is 12.1. The Morgan fingerprint density at radius 3 is 2.59 bits per heavy atom. The Balaban J connectivity index is 2.74. The van der Waals surface area contributed by atoms with Crippen molar-refractivity contribution < 1.29 is 4.79 Å². The lowest BCUT2D eigenvalue weighted by Crippen LogP contribution is -2.35. The molecule has 1 rings (SSSR count). The van der Waals surface area contributed by atoms with Crippen molar-refractivity contribution in [2.24, 2.45) is 5.41 Å². The lowest BCUT2D eigenvalue weighted by Gasteiger charge is -2.22. The van der Waals surface area contributed by atoms with E-state index in [1.54, 1.807) is 0 Å². The van der Waals surface area contributed by atoms with Crippen LogP contribution in [0.25, 0.3) is 0 Å². The average Bonchev–Trinajstić information content (AvgIpc) is 2.30. The molecule has 0 unspecified atom stereocenters. The van der Waals surface area contributed by atoms with Gasteiger partial charge in [0.1, 0.15) is 0 Å². The number of hydrogen-bond donors (Lipinski definition) is 1. The van der Waals surface area contributed by atoms with Gasteiger partial charge in [0.25, 0.3) is 5.91 Å². The fourth-order valence-electron chi connectivity index (χ4n) is 1.46. The first-order valence-electron chi connectivity index (χ1n) is 5.78. The van der Waals surface area contributed by atoms with E-state index in [1.165, 1.54) is 0 Å². The van der Waals surface area contributed by atoms with Crippen molar-refractivity contribution in [3.05, 3.63) is 34.9 Å². The fraction of sp³-hybridized carbons (Fsp3) is 0.500. The molecule has 0 radical (unpaired) electrons. The third kappa shape index (κ3) is 3.84. The maximum absolute atomic E-state index is 12.1.